The van der Waals surface area contributed by atoms with Gasteiger partial charge in [-0.05, 0) is 31.3 Å². The largest absolute Gasteiger partial charge is 0.494 e. The second-order valence-electron chi connectivity index (χ2n) is 6.06. The monoisotopic (exact) mass is 397 g/mol. The molecule has 0 aliphatic carbocycles. The van der Waals surface area contributed by atoms with Crippen molar-refractivity contribution in [2.75, 3.05) is 0 Å². The van der Waals surface area contributed by atoms with Gasteiger partial charge in [0.25, 0.3) is 11.1 Å². The number of nitrogens with one attached hydrogen (secondary N) is 1. The first-order valence-corrected chi connectivity index (χ1v) is 8.82. The van der Waals surface area contributed by atoms with Crippen LogP contribution < -0.4 is 11.1 Å². The third-order valence-corrected chi connectivity index (χ3v) is 4.69. The highest BCUT2D eigenvalue weighted by Crippen LogP contribution is 2.18. The summed E-state index contributed by atoms with van der Waals surface area (Å²) in [6.07, 6.45) is 2.70. The molecule has 2 heterocycles. The van der Waals surface area contributed by atoms with Gasteiger partial charge in [0, 0.05) is 19.8 Å². The normalized spacial score (nSPS) is 11.2. The van der Waals surface area contributed by atoms with E-state index in [1.165, 1.54) is 21.5 Å². The van der Waals surface area contributed by atoms with E-state index in [1.807, 2.05) is 30.3 Å². The smallest absolute Gasteiger partial charge is 0.297 e. The molecule has 0 bridgehead atoms. The van der Waals surface area contributed by atoms with Crippen LogP contribution in [0.1, 0.15) is 11.3 Å². The van der Waals surface area contributed by atoms with Crippen molar-refractivity contribution in [3.63, 3.8) is 0 Å². The van der Waals surface area contributed by atoms with Crippen molar-refractivity contribution < 1.29 is 5.11 Å². The lowest BCUT2D eigenvalue weighted by molar-refractivity contribution is 0.413. The van der Waals surface area contributed by atoms with Crippen molar-refractivity contribution in [2.45, 2.75) is 13.5 Å². The molecule has 1 aromatic carbocycles. The van der Waals surface area contributed by atoms with Gasteiger partial charge in [-0.15, -0.1) is 6.58 Å². The van der Waals surface area contributed by atoms with E-state index in [2.05, 4.69) is 16.6 Å². The minimum absolute atomic E-state index is 0.0712. The summed E-state index contributed by atoms with van der Waals surface area (Å²) in [5, 5.41) is 10.4. The molecule has 2 N–H and O–H groups in total. The highest BCUT2D eigenvalue weighted by atomic mass is 32.1. The van der Waals surface area contributed by atoms with E-state index in [4.69, 9.17) is 12.2 Å². The zero-order valence-electron chi connectivity index (χ0n) is 15.4. The fraction of sp³-hybridized carbons (Fsp3) is 0.158. The molecule has 3 aromatic rings. The molecule has 3 rings (SSSR count). The van der Waals surface area contributed by atoms with Crippen molar-refractivity contribution in [2.24, 2.45) is 12.0 Å². The number of allylic oxidation sites excluding steroid dienone is 1. The summed E-state index contributed by atoms with van der Waals surface area (Å²) in [6.45, 7) is 5.57. The zero-order chi connectivity index (χ0) is 20.4. The number of aliphatic imine (C=N–C) groups is 1. The van der Waals surface area contributed by atoms with E-state index in [1.54, 1.807) is 18.7 Å². The van der Waals surface area contributed by atoms with Gasteiger partial charge in [0.15, 0.2) is 10.5 Å². The standard InChI is InChI=1S/C19H19N5O3S/c1-4-10-23-17(26)14(16(25)21-19(23)28)11-20-15-12(2)22(3)24(18(15)27)13-8-6-5-7-9-13/h4-9,11,26H,1,10H2,2-3H3,(H,21,25,28). The lowest BCUT2D eigenvalue weighted by Crippen LogP contribution is -2.19. The number of rotatable bonds is 5. The number of nitrogens with zero attached hydrogens (tertiary/aromatic N) is 4. The van der Waals surface area contributed by atoms with E-state index < -0.39 is 5.56 Å². The van der Waals surface area contributed by atoms with Crippen LogP contribution in [0.2, 0.25) is 0 Å². The minimum atomic E-state index is -0.594. The maximum absolute atomic E-state index is 12.9. The van der Waals surface area contributed by atoms with E-state index >= 15 is 0 Å². The Morgan fingerprint density at radius 3 is 2.61 bits per heavy atom. The first-order chi connectivity index (χ1) is 13.4. The predicted octanol–water partition coefficient (Wildman–Crippen LogP) is 2.35. The molecule has 0 spiro atoms. The van der Waals surface area contributed by atoms with Crippen LogP contribution in [-0.2, 0) is 13.6 Å². The highest BCUT2D eigenvalue weighted by molar-refractivity contribution is 7.71. The van der Waals surface area contributed by atoms with Crippen molar-refractivity contribution in [3.05, 3.63) is 79.7 Å². The van der Waals surface area contributed by atoms with Gasteiger partial charge in [0.05, 0.1) is 11.4 Å². The van der Waals surface area contributed by atoms with E-state index in [9.17, 15) is 14.7 Å². The molecule has 144 valence electrons. The van der Waals surface area contributed by atoms with Crippen molar-refractivity contribution in [3.8, 4) is 11.6 Å². The molecule has 8 nitrogen and oxygen atoms in total. The third-order valence-electron chi connectivity index (χ3n) is 4.37. The molecule has 0 saturated heterocycles. The highest BCUT2D eigenvalue weighted by Gasteiger charge is 2.16. The molecular formula is C19H19N5O3S. The predicted molar refractivity (Wildman–Crippen MR) is 111 cm³/mol. The Hall–Kier alpha value is -3.46. The van der Waals surface area contributed by atoms with E-state index in [0.29, 0.717) is 11.4 Å². The summed E-state index contributed by atoms with van der Waals surface area (Å²) in [5.74, 6) is -0.339. The average molecular weight is 397 g/mol. The first-order valence-electron chi connectivity index (χ1n) is 8.42. The Labute approximate surface area is 165 Å². The number of H-pyrrole nitrogens is 1. The van der Waals surface area contributed by atoms with Gasteiger partial charge in [-0.25, -0.2) is 9.67 Å². The Morgan fingerprint density at radius 2 is 1.96 bits per heavy atom. The van der Waals surface area contributed by atoms with Crippen LogP contribution in [0.15, 0.2) is 57.6 Å². The van der Waals surface area contributed by atoms with Crippen molar-refractivity contribution in [1.29, 1.82) is 0 Å². The Bertz CT molecular complexity index is 1250. The summed E-state index contributed by atoms with van der Waals surface area (Å²) < 4.78 is 4.54. The molecule has 0 aliphatic heterocycles. The number of hydrogen-bond acceptors (Lipinski definition) is 5. The number of hydrogen-bond donors (Lipinski definition) is 2. The fourth-order valence-electron chi connectivity index (χ4n) is 2.82. The Morgan fingerprint density at radius 1 is 1.29 bits per heavy atom. The molecule has 2 aromatic heterocycles. The maximum atomic E-state index is 12.9. The van der Waals surface area contributed by atoms with Gasteiger partial charge in [-0.2, -0.15) is 0 Å². The number of para-hydroxylation sites is 1. The summed E-state index contributed by atoms with van der Waals surface area (Å²) in [5.41, 5.74) is 0.451. The average Bonchev–Trinajstić information content (AvgIpc) is 2.88. The molecule has 0 fully saturated rings. The molecule has 0 saturated carbocycles. The van der Waals surface area contributed by atoms with Crippen LogP contribution in [0.25, 0.3) is 5.69 Å². The van der Waals surface area contributed by atoms with Crippen LogP contribution in [0.5, 0.6) is 5.88 Å². The van der Waals surface area contributed by atoms with Crippen LogP contribution in [-0.4, -0.2) is 30.2 Å². The van der Waals surface area contributed by atoms with Crippen LogP contribution in [0, 0.1) is 11.7 Å². The molecule has 28 heavy (non-hydrogen) atoms. The molecular weight excluding hydrogens is 378 g/mol. The Balaban J connectivity index is 2.14. The molecule has 0 aliphatic rings. The molecule has 0 amide bonds. The first kappa shape index (κ1) is 19.3. The number of aromatic hydroxyl groups is 1. The van der Waals surface area contributed by atoms with Crippen LogP contribution >= 0.6 is 12.2 Å². The second-order valence-corrected chi connectivity index (χ2v) is 6.45. The Kier molecular flexibility index (Phi) is 5.27. The van der Waals surface area contributed by atoms with Gasteiger partial charge in [0.1, 0.15) is 5.56 Å². The number of aromatic nitrogens is 4. The second kappa shape index (κ2) is 7.65. The van der Waals surface area contributed by atoms with Crippen LogP contribution in [0.3, 0.4) is 0 Å². The molecule has 0 atom stereocenters. The van der Waals surface area contributed by atoms with E-state index in [-0.39, 0.29) is 34.0 Å². The van der Waals surface area contributed by atoms with Crippen molar-refractivity contribution >= 4 is 24.1 Å². The molecule has 9 heteroatoms. The fourth-order valence-corrected chi connectivity index (χ4v) is 3.08. The van der Waals surface area contributed by atoms with Gasteiger partial charge in [-0.1, -0.05) is 24.3 Å². The third kappa shape index (κ3) is 3.27. The molecule has 0 unspecified atom stereocenters. The molecule has 0 radical (unpaired) electrons. The number of aromatic amines is 1. The summed E-state index contributed by atoms with van der Waals surface area (Å²) in [6, 6.07) is 9.15. The van der Waals surface area contributed by atoms with Gasteiger partial charge < -0.3 is 5.11 Å². The quantitative estimate of drug-likeness (QED) is 0.392. The number of benzene rings is 1. The maximum Gasteiger partial charge on any atom is 0.297 e. The lowest BCUT2D eigenvalue weighted by atomic mass is 10.3. The van der Waals surface area contributed by atoms with Crippen LogP contribution in [0.4, 0.5) is 5.69 Å². The summed E-state index contributed by atoms with van der Waals surface area (Å²) in [7, 11) is 1.75. The topological polar surface area (TPSA) is 97.3 Å². The van der Waals surface area contributed by atoms with Gasteiger partial charge in [-0.3, -0.25) is 23.8 Å². The minimum Gasteiger partial charge on any atom is -0.494 e. The van der Waals surface area contributed by atoms with Gasteiger partial charge >= 0.3 is 0 Å². The lowest BCUT2D eigenvalue weighted by Gasteiger charge is -2.08. The summed E-state index contributed by atoms with van der Waals surface area (Å²) in [4.78, 5) is 31.7. The summed E-state index contributed by atoms with van der Waals surface area (Å²) >= 11 is 5.04. The van der Waals surface area contributed by atoms with Gasteiger partial charge in [0.2, 0.25) is 5.88 Å². The SMILES string of the molecule is C=CCn1c(O)c(C=Nc2c(C)n(C)n(-c3ccccc3)c2=O)c(=O)[nH]c1=S. The van der Waals surface area contributed by atoms with E-state index in [0.717, 1.165) is 0 Å². The van der Waals surface area contributed by atoms with Crippen molar-refractivity contribution in [1.82, 2.24) is 18.9 Å². The zero-order valence-corrected chi connectivity index (χ0v) is 16.2.